The molecule has 0 amide bonds. The fourth-order valence-corrected chi connectivity index (χ4v) is 2.52. The summed E-state index contributed by atoms with van der Waals surface area (Å²) in [4.78, 5) is 0. The van der Waals surface area contributed by atoms with Crippen LogP contribution in [0.5, 0.6) is 0 Å². The molecule has 0 nitrogen and oxygen atoms in total. The molecule has 0 saturated heterocycles. The molecule has 0 fully saturated rings. The summed E-state index contributed by atoms with van der Waals surface area (Å²) in [5.74, 6) is 0. The fraction of sp³-hybridized carbons (Fsp3) is 0.294. The third-order valence-electron chi connectivity index (χ3n) is 3.33. The van der Waals surface area contributed by atoms with E-state index in [1.807, 2.05) is 19.1 Å². The highest BCUT2D eigenvalue weighted by molar-refractivity contribution is 5.67. The number of hydrogen-bond acceptors (Lipinski definition) is 0. The van der Waals surface area contributed by atoms with Crippen LogP contribution in [-0.2, 0) is 0 Å². The lowest BCUT2D eigenvalue weighted by Crippen LogP contribution is -2.12. The Hall–Kier alpha value is -1.56. The van der Waals surface area contributed by atoms with E-state index in [-0.39, 0.29) is 5.41 Å². The van der Waals surface area contributed by atoms with Crippen molar-refractivity contribution in [2.24, 2.45) is 5.41 Å². The second kappa shape index (κ2) is 5.18. The first-order valence-corrected chi connectivity index (χ1v) is 6.04. The van der Waals surface area contributed by atoms with Gasteiger partial charge in [0.05, 0.1) is 0 Å². The lowest BCUT2D eigenvalue weighted by Gasteiger charge is -2.23. The second-order valence-electron chi connectivity index (χ2n) is 4.67. The summed E-state index contributed by atoms with van der Waals surface area (Å²) in [5.41, 5.74) is 5.18. The number of allylic oxidation sites excluding steroid dienone is 10. The minimum Gasteiger partial charge on any atom is -0.0991 e. The first-order chi connectivity index (χ1) is 8.04. The Morgan fingerprint density at radius 3 is 2.18 bits per heavy atom. The molecule has 17 heavy (non-hydrogen) atoms. The first kappa shape index (κ1) is 13.5. The van der Waals surface area contributed by atoms with Crippen LogP contribution < -0.4 is 0 Å². The van der Waals surface area contributed by atoms with Crippen molar-refractivity contribution >= 4 is 0 Å². The molecule has 1 rings (SSSR count). The number of rotatable bonds is 3. The normalized spacial score (nSPS) is 24.0. The third kappa shape index (κ3) is 2.12. The molecule has 0 N–H and O–H groups in total. The van der Waals surface area contributed by atoms with Crippen LogP contribution in [-0.4, -0.2) is 0 Å². The Morgan fingerprint density at radius 1 is 1.12 bits per heavy atom. The molecule has 90 valence electrons. The Kier molecular flexibility index (Phi) is 4.11. The summed E-state index contributed by atoms with van der Waals surface area (Å²) in [6.45, 7) is 16.4. The summed E-state index contributed by atoms with van der Waals surface area (Å²) in [7, 11) is 0. The van der Waals surface area contributed by atoms with E-state index in [1.165, 1.54) is 22.3 Å². The van der Waals surface area contributed by atoms with E-state index < -0.39 is 0 Å². The van der Waals surface area contributed by atoms with Crippen molar-refractivity contribution in [1.82, 2.24) is 0 Å². The van der Waals surface area contributed by atoms with Gasteiger partial charge in [0.1, 0.15) is 0 Å². The van der Waals surface area contributed by atoms with E-state index in [2.05, 4.69) is 58.2 Å². The molecule has 0 aromatic carbocycles. The van der Waals surface area contributed by atoms with Gasteiger partial charge in [0.25, 0.3) is 0 Å². The van der Waals surface area contributed by atoms with Gasteiger partial charge in [-0.3, -0.25) is 0 Å². The standard InChI is InChI=1S/C17H22/c1-7-11-15-13(9-3)14(10-4)16(12-8-2)17(15,5)6/h7-12H,1,4H2,2-3,5-6H3/b12-8-,13-9-,15-11+. The van der Waals surface area contributed by atoms with Crippen LogP contribution in [0.3, 0.4) is 0 Å². The Morgan fingerprint density at radius 2 is 1.76 bits per heavy atom. The predicted molar refractivity (Wildman–Crippen MR) is 77.9 cm³/mol. The minimum absolute atomic E-state index is 0.0199. The summed E-state index contributed by atoms with van der Waals surface area (Å²) >= 11 is 0. The molecule has 1 aliphatic carbocycles. The Labute approximate surface area is 105 Å². The molecule has 0 heteroatoms. The van der Waals surface area contributed by atoms with Gasteiger partial charge in [0.15, 0.2) is 0 Å². The first-order valence-electron chi connectivity index (χ1n) is 6.04. The monoisotopic (exact) mass is 226 g/mol. The molecule has 0 bridgehead atoms. The lowest BCUT2D eigenvalue weighted by atomic mass is 9.80. The molecular weight excluding hydrogens is 204 g/mol. The van der Waals surface area contributed by atoms with Crippen molar-refractivity contribution in [3.8, 4) is 0 Å². The number of hydrogen-bond donors (Lipinski definition) is 0. The van der Waals surface area contributed by atoms with Gasteiger partial charge in [-0.15, -0.1) is 0 Å². The predicted octanol–water partition coefficient (Wildman–Crippen LogP) is 5.14. The maximum absolute atomic E-state index is 3.95. The highest BCUT2D eigenvalue weighted by Gasteiger charge is 2.37. The second-order valence-corrected chi connectivity index (χ2v) is 4.67. The molecule has 0 radical (unpaired) electrons. The van der Waals surface area contributed by atoms with Gasteiger partial charge in [0, 0.05) is 5.41 Å². The molecule has 0 heterocycles. The van der Waals surface area contributed by atoms with Crippen molar-refractivity contribution in [1.29, 1.82) is 0 Å². The molecule has 0 aromatic heterocycles. The van der Waals surface area contributed by atoms with Gasteiger partial charge in [-0.25, -0.2) is 0 Å². The zero-order valence-corrected chi connectivity index (χ0v) is 11.4. The van der Waals surface area contributed by atoms with Crippen LogP contribution in [0.15, 0.2) is 71.9 Å². The average Bonchev–Trinajstić information content (AvgIpc) is 2.50. The van der Waals surface area contributed by atoms with Crippen LogP contribution in [0, 0.1) is 5.41 Å². The summed E-state index contributed by atoms with van der Waals surface area (Å²) < 4.78 is 0. The quantitative estimate of drug-likeness (QED) is 0.624. The Balaban J connectivity index is 3.57. The van der Waals surface area contributed by atoms with Crippen molar-refractivity contribution in [3.63, 3.8) is 0 Å². The van der Waals surface area contributed by atoms with E-state index >= 15 is 0 Å². The van der Waals surface area contributed by atoms with E-state index in [1.54, 1.807) is 0 Å². The van der Waals surface area contributed by atoms with Crippen LogP contribution in [0.1, 0.15) is 27.7 Å². The highest BCUT2D eigenvalue weighted by atomic mass is 14.4. The van der Waals surface area contributed by atoms with Gasteiger partial charge in [-0.1, -0.05) is 63.5 Å². The van der Waals surface area contributed by atoms with Crippen molar-refractivity contribution in [2.45, 2.75) is 27.7 Å². The van der Waals surface area contributed by atoms with Crippen molar-refractivity contribution < 1.29 is 0 Å². The van der Waals surface area contributed by atoms with Gasteiger partial charge in [-0.05, 0) is 36.1 Å². The van der Waals surface area contributed by atoms with Gasteiger partial charge >= 0.3 is 0 Å². The molecular formula is C17H22. The van der Waals surface area contributed by atoms with Gasteiger partial charge in [0.2, 0.25) is 0 Å². The molecule has 0 unspecified atom stereocenters. The minimum atomic E-state index is 0.0199. The Bertz CT molecular complexity index is 448. The fourth-order valence-electron chi connectivity index (χ4n) is 2.52. The zero-order valence-electron chi connectivity index (χ0n) is 11.4. The topological polar surface area (TPSA) is 0 Å². The van der Waals surface area contributed by atoms with E-state index in [0.29, 0.717) is 0 Å². The summed E-state index contributed by atoms with van der Waals surface area (Å²) in [6.07, 6.45) is 12.4. The SMILES string of the molecule is C=C/C=C1\C(=C/C)C(C=C)=C(/C=C\C)C1(C)C. The van der Waals surface area contributed by atoms with Gasteiger partial charge < -0.3 is 0 Å². The smallest absolute Gasteiger partial charge is 0.0158 e. The van der Waals surface area contributed by atoms with Crippen LogP contribution in [0.4, 0.5) is 0 Å². The summed E-state index contributed by atoms with van der Waals surface area (Å²) in [5, 5.41) is 0. The summed E-state index contributed by atoms with van der Waals surface area (Å²) in [6, 6.07) is 0. The largest absolute Gasteiger partial charge is 0.0991 e. The highest BCUT2D eigenvalue weighted by Crippen LogP contribution is 2.50. The molecule has 1 aliphatic rings. The third-order valence-corrected chi connectivity index (χ3v) is 3.33. The molecule has 0 aliphatic heterocycles. The van der Waals surface area contributed by atoms with Crippen LogP contribution in [0.2, 0.25) is 0 Å². The van der Waals surface area contributed by atoms with E-state index in [4.69, 9.17) is 0 Å². The van der Waals surface area contributed by atoms with Crippen LogP contribution >= 0.6 is 0 Å². The van der Waals surface area contributed by atoms with Crippen molar-refractivity contribution in [2.75, 3.05) is 0 Å². The molecule has 0 saturated carbocycles. The lowest BCUT2D eigenvalue weighted by molar-refractivity contribution is 0.578. The zero-order chi connectivity index (χ0) is 13.1. The maximum Gasteiger partial charge on any atom is 0.0158 e. The van der Waals surface area contributed by atoms with Gasteiger partial charge in [-0.2, -0.15) is 0 Å². The molecule has 0 atom stereocenters. The average molecular weight is 226 g/mol. The van der Waals surface area contributed by atoms with E-state index in [9.17, 15) is 0 Å². The van der Waals surface area contributed by atoms with Crippen LogP contribution in [0.25, 0.3) is 0 Å². The van der Waals surface area contributed by atoms with Crippen molar-refractivity contribution in [3.05, 3.63) is 71.9 Å². The molecule has 0 aromatic rings. The molecule has 0 spiro atoms. The maximum atomic E-state index is 3.95. The van der Waals surface area contributed by atoms with E-state index in [0.717, 1.165) is 0 Å².